The van der Waals surface area contributed by atoms with E-state index in [2.05, 4.69) is 31.5 Å². The molecule has 1 aromatic carbocycles. The topological polar surface area (TPSA) is 76.9 Å². The molecular formula is C30H40N4O4. The van der Waals surface area contributed by atoms with E-state index in [1.165, 1.54) is 0 Å². The van der Waals surface area contributed by atoms with Crippen LogP contribution in [0.3, 0.4) is 0 Å². The van der Waals surface area contributed by atoms with Crippen LogP contribution in [-0.4, -0.2) is 62.1 Å². The average molecular weight is 521 g/mol. The number of aromatic nitrogens is 2. The largest absolute Gasteiger partial charge is 0.480 e. The number of likely N-dealkylation sites (tertiary alicyclic amines) is 2. The maximum absolute atomic E-state index is 13.1. The van der Waals surface area contributed by atoms with Crippen LogP contribution in [0, 0.1) is 0 Å². The van der Waals surface area contributed by atoms with Crippen LogP contribution in [0.4, 0.5) is 4.79 Å². The van der Waals surface area contributed by atoms with Gasteiger partial charge in [0, 0.05) is 56.5 Å². The number of imidazole rings is 1. The molecular weight excluding hydrogens is 480 g/mol. The Morgan fingerprint density at radius 2 is 1.84 bits per heavy atom. The summed E-state index contributed by atoms with van der Waals surface area (Å²) in [6.45, 7) is 13.5. The maximum atomic E-state index is 13.1. The van der Waals surface area contributed by atoms with Crippen LogP contribution < -0.4 is 4.74 Å². The molecule has 1 unspecified atom stereocenters. The molecule has 8 heteroatoms. The first kappa shape index (κ1) is 26.3. The van der Waals surface area contributed by atoms with Gasteiger partial charge in [-0.3, -0.25) is 4.79 Å². The Morgan fingerprint density at radius 3 is 2.50 bits per heavy atom. The number of allylic oxidation sites excluding steroid dienone is 1. The lowest BCUT2D eigenvalue weighted by Gasteiger charge is -2.44. The van der Waals surface area contributed by atoms with Gasteiger partial charge in [-0.15, -0.1) is 0 Å². The predicted octanol–water partition coefficient (Wildman–Crippen LogP) is 5.38. The Kier molecular flexibility index (Phi) is 6.35. The second kappa shape index (κ2) is 9.17. The molecule has 1 spiro atoms. The number of benzene rings is 1. The van der Waals surface area contributed by atoms with Crippen LogP contribution in [-0.2, 0) is 22.2 Å². The number of ether oxygens (including phenoxy) is 2. The van der Waals surface area contributed by atoms with E-state index in [1.54, 1.807) is 12.2 Å². The van der Waals surface area contributed by atoms with Gasteiger partial charge in [0.2, 0.25) is 5.91 Å². The van der Waals surface area contributed by atoms with Crippen LogP contribution in [0.2, 0.25) is 0 Å². The van der Waals surface area contributed by atoms with E-state index in [4.69, 9.17) is 14.5 Å². The monoisotopic (exact) mass is 520 g/mol. The van der Waals surface area contributed by atoms with Gasteiger partial charge in [-0.05, 0) is 66.2 Å². The summed E-state index contributed by atoms with van der Waals surface area (Å²) < 4.78 is 14.7. The van der Waals surface area contributed by atoms with Gasteiger partial charge in [-0.2, -0.15) is 0 Å². The van der Waals surface area contributed by atoms with Crippen molar-refractivity contribution in [1.29, 1.82) is 0 Å². The lowest BCUT2D eigenvalue weighted by atomic mass is 9.83. The number of carbonyl (C=O) groups excluding carboxylic acids is 2. The van der Waals surface area contributed by atoms with Crippen molar-refractivity contribution in [2.75, 3.05) is 19.6 Å². The molecule has 3 aliphatic rings. The van der Waals surface area contributed by atoms with Gasteiger partial charge in [0.15, 0.2) is 5.60 Å². The summed E-state index contributed by atoms with van der Waals surface area (Å²) in [6.07, 6.45) is 5.30. The van der Waals surface area contributed by atoms with Gasteiger partial charge >= 0.3 is 6.09 Å². The van der Waals surface area contributed by atoms with E-state index >= 15 is 0 Å². The Morgan fingerprint density at radius 1 is 1.16 bits per heavy atom. The third-order valence-electron chi connectivity index (χ3n) is 8.06. The van der Waals surface area contributed by atoms with Crippen molar-refractivity contribution in [3.05, 3.63) is 47.9 Å². The molecule has 204 valence electrons. The number of nitrogens with zero attached hydrogens (tertiary/aromatic N) is 4. The van der Waals surface area contributed by atoms with Crippen molar-refractivity contribution in [1.82, 2.24) is 19.4 Å². The summed E-state index contributed by atoms with van der Waals surface area (Å²) in [4.78, 5) is 34.6. The minimum absolute atomic E-state index is 0.0416. The third kappa shape index (κ3) is 4.48. The first-order valence-electron chi connectivity index (χ1n) is 13.6. The molecule has 2 fully saturated rings. The lowest BCUT2D eigenvalue weighted by Crippen LogP contribution is -2.49. The van der Waals surface area contributed by atoms with Gasteiger partial charge in [0.1, 0.15) is 17.2 Å². The van der Waals surface area contributed by atoms with Crippen molar-refractivity contribution >= 4 is 12.0 Å². The van der Waals surface area contributed by atoms with Crippen LogP contribution in [0.15, 0.2) is 36.4 Å². The van der Waals surface area contributed by atoms with Gasteiger partial charge < -0.3 is 23.8 Å². The first-order valence-corrected chi connectivity index (χ1v) is 13.6. The molecule has 4 heterocycles. The molecule has 38 heavy (non-hydrogen) atoms. The second-order valence-electron chi connectivity index (χ2n) is 12.4. The Labute approximate surface area is 225 Å². The van der Waals surface area contributed by atoms with Gasteiger partial charge in [-0.25, -0.2) is 9.78 Å². The number of hydrogen-bond acceptors (Lipinski definition) is 5. The molecule has 3 aliphatic heterocycles. The fraction of sp³-hybridized carbons (Fsp3) is 0.567. The Balaban J connectivity index is 1.51. The zero-order chi connectivity index (χ0) is 27.5. The zero-order valence-electron chi connectivity index (χ0n) is 23.7. The normalized spacial score (nSPS) is 21.8. The van der Waals surface area contributed by atoms with Crippen molar-refractivity contribution in [3.8, 4) is 17.0 Å². The summed E-state index contributed by atoms with van der Waals surface area (Å²) in [5.74, 6) is 1.90. The summed E-state index contributed by atoms with van der Waals surface area (Å²) >= 11 is 0. The van der Waals surface area contributed by atoms with E-state index in [-0.39, 0.29) is 23.5 Å². The SMILES string of the molecule is C/C=C/C(=O)N1CCC2(CC1)Oc1ccccc1-c1nc(C3CN(C(=O)OC(C)(C)C)C(C)(C)C3)n(C)c12. The number of para-hydroxylation sites is 1. The maximum Gasteiger partial charge on any atom is 0.410 e. The van der Waals surface area contributed by atoms with Crippen molar-refractivity contribution in [2.45, 2.75) is 83.5 Å². The van der Waals surface area contributed by atoms with Crippen molar-refractivity contribution in [3.63, 3.8) is 0 Å². The molecule has 8 nitrogen and oxygen atoms in total. The fourth-order valence-electron chi connectivity index (χ4n) is 6.33. The van der Waals surface area contributed by atoms with E-state index < -0.39 is 11.2 Å². The molecule has 0 N–H and O–H groups in total. The summed E-state index contributed by atoms with van der Waals surface area (Å²) in [6, 6.07) is 8.08. The fourth-order valence-corrected chi connectivity index (χ4v) is 6.33. The quantitative estimate of drug-likeness (QED) is 0.497. The van der Waals surface area contributed by atoms with Crippen LogP contribution in [0.25, 0.3) is 11.3 Å². The molecule has 1 aromatic heterocycles. The minimum atomic E-state index is -0.560. The molecule has 0 radical (unpaired) electrons. The molecule has 1 atom stereocenters. The van der Waals surface area contributed by atoms with E-state index in [9.17, 15) is 9.59 Å². The highest BCUT2D eigenvalue weighted by molar-refractivity contribution is 5.87. The predicted molar refractivity (Wildman–Crippen MR) is 146 cm³/mol. The summed E-state index contributed by atoms with van der Waals surface area (Å²) in [7, 11) is 2.07. The number of rotatable bonds is 2. The first-order chi connectivity index (χ1) is 17.8. The second-order valence-corrected chi connectivity index (χ2v) is 12.4. The molecule has 2 aromatic rings. The molecule has 2 amide bonds. The Hall–Kier alpha value is -3.29. The molecule has 0 saturated carbocycles. The number of hydrogen-bond donors (Lipinski definition) is 0. The van der Waals surface area contributed by atoms with E-state index in [1.807, 2.05) is 55.7 Å². The van der Waals surface area contributed by atoms with Crippen molar-refractivity contribution in [2.24, 2.45) is 7.05 Å². The zero-order valence-corrected chi connectivity index (χ0v) is 23.7. The lowest BCUT2D eigenvalue weighted by molar-refractivity contribution is -0.130. The van der Waals surface area contributed by atoms with E-state index in [0.717, 1.165) is 34.9 Å². The smallest absolute Gasteiger partial charge is 0.410 e. The number of fused-ring (bicyclic) bond motifs is 4. The molecule has 0 aliphatic carbocycles. The van der Waals surface area contributed by atoms with E-state index in [0.29, 0.717) is 32.5 Å². The molecule has 5 rings (SSSR count). The number of piperidine rings is 1. The van der Waals surface area contributed by atoms with Gasteiger partial charge in [0.25, 0.3) is 0 Å². The minimum Gasteiger partial charge on any atom is -0.480 e. The number of carbonyl (C=O) groups is 2. The van der Waals surface area contributed by atoms with Crippen molar-refractivity contribution < 1.29 is 19.1 Å². The molecule has 0 bridgehead atoms. The highest BCUT2D eigenvalue weighted by atomic mass is 16.6. The Bertz CT molecular complexity index is 1280. The number of amides is 2. The van der Waals surface area contributed by atoms with Crippen LogP contribution in [0.1, 0.15) is 78.2 Å². The third-order valence-corrected chi connectivity index (χ3v) is 8.06. The summed E-state index contributed by atoms with van der Waals surface area (Å²) in [5.41, 5.74) is 1.54. The highest BCUT2D eigenvalue weighted by Gasteiger charge is 2.50. The average Bonchev–Trinajstić information content (AvgIpc) is 3.35. The highest BCUT2D eigenvalue weighted by Crippen LogP contribution is 2.51. The standard InChI is InChI=1S/C30H40N4O4/c1-8-11-23(35)33-16-14-30(15-17-33)25-24(21-12-9-10-13-22(21)37-30)31-26(32(25)7)20-18-29(5,6)34(19-20)27(36)38-28(2,3)4/h8-13,20H,14-19H2,1-7H3/b11-8+. The summed E-state index contributed by atoms with van der Waals surface area (Å²) in [5, 5.41) is 0. The van der Waals surface area contributed by atoms with Crippen LogP contribution in [0.5, 0.6) is 5.75 Å². The van der Waals surface area contributed by atoms with Gasteiger partial charge in [-0.1, -0.05) is 18.2 Å². The van der Waals surface area contributed by atoms with Gasteiger partial charge in [0.05, 0.1) is 11.4 Å². The van der Waals surface area contributed by atoms with Crippen LogP contribution >= 0.6 is 0 Å². The molecule has 2 saturated heterocycles.